The third-order valence-corrected chi connectivity index (χ3v) is 7.31. The molecule has 8 nitrogen and oxygen atoms in total. The fourth-order valence-corrected chi connectivity index (χ4v) is 5.26. The largest absolute Gasteiger partial charge is 0.490 e. The van der Waals surface area contributed by atoms with Gasteiger partial charge in [0.05, 0.1) is 5.57 Å². The lowest BCUT2D eigenvalue weighted by molar-refractivity contribution is -0.159. The summed E-state index contributed by atoms with van der Waals surface area (Å²) in [5.74, 6) is -1.45. The first-order valence-corrected chi connectivity index (χ1v) is 16.1. The molecule has 0 aromatic heterocycles. The number of hydrogen-bond acceptors (Lipinski definition) is 6. The number of carbonyl (C=O) groups excluding carboxylic acids is 4. The molecule has 3 amide bonds. The van der Waals surface area contributed by atoms with E-state index >= 15 is 0 Å². The molecule has 8 heteroatoms. The molecule has 1 heterocycles. The normalized spacial score (nSPS) is 14.9. The third-order valence-electron chi connectivity index (χ3n) is 7.31. The maximum absolute atomic E-state index is 14.2. The Morgan fingerprint density at radius 3 is 2.04 bits per heavy atom. The van der Waals surface area contributed by atoms with Crippen molar-refractivity contribution >= 4 is 29.3 Å². The number of benzene rings is 2. The van der Waals surface area contributed by atoms with Gasteiger partial charge in [0.25, 0.3) is 11.8 Å². The van der Waals surface area contributed by atoms with Gasteiger partial charge in [-0.05, 0) is 88.6 Å². The molecule has 46 heavy (non-hydrogen) atoms. The monoisotopic (exact) mass is 630 g/mol. The molecule has 1 N–H and O–H groups in total. The summed E-state index contributed by atoms with van der Waals surface area (Å²) >= 11 is 0. The number of amides is 3. The molecule has 0 saturated carbocycles. The topological polar surface area (TPSA) is 102 Å². The summed E-state index contributed by atoms with van der Waals surface area (Å²) in [6.45, 7) is 17.5. The standard InChI is InChI=1S/C38H50N2O6/c1-24(2)19-20-45-29-17-15-28(16-18-29)33-30(21-25(3)4)35(42)40(36(33)43)32(22-26(5)6)34(41)39-31(37(44)46-38(7,8)9)23-27-13-11-10-12-14-27/h10-19,25-26,31-32H,20-23H2,1-9H3,(H,39,41)/t31-,32?/m0/s1. The Hall–Kier alpha value is -4.20. The summed E-state index contributed by atoms with van der Waals surface area (Å²) in [5.41, 5.74) is 2.48. The molecule has 2 atom stereocenters. The van der Waals surface area contributed by atoms with Gasteiger partial charge in [0.15, 0.2) is 0 Å². The summed E-state index contributed by atoms with van der Waals surface area (Å²) in [6, 6.07) is 14.3. The molecule has 0 aliphatic carbocycles. The predicted molar refractivity (Wildman–Crippen MR) is 181 cm³/mol. The van der Waals surface area contributed by atoms with Gasteiger partial charge in [-0.15, -0.1) is 0 Å². The summed E-state index contributed by atoms with van der Waals surface area (Å²) in [6.07, 6.45) is 2.78. The van der Waals surface area contributed by atoms with Crippen LogP contribution in [0.4, 0.5) is 0 Å². The quantitative estimate of drug-likeness (QED) is 0.142. The minimum atomic E-state index is -1.12. The maximum atomic E-state index is 14.2. The molecule has 0 fully saturated rings. The summed E-state index contributed by atoms with van der Waals surface area (Å²) < 4.78 is 11.5. The van der Waals surface area contributed by atoms with Gasteiger partial charge in [-0.3, -0.25) is 19.3 Å². The average molecular weight is 631 g/mol. The Labute approximate surface area is 274 Å². The van der Waals surface area contributed by atoms with E-state index in [2.05, 4.69) is 5.32 Å². The van der Waals surface area contributed by atoms with Crippen molar-refractivity contribution in [3.8, 4) is 5.75 Å². The minimum Gasteiger partial charge on any atom is -0.490 e. The second-order valence-electron chi connectivity index (χ2n) is 14.0. The Bertz CT molecular complexity index is 1440. The first kappa shape index (κ1) is 36.3. The van der Waals surface area contributed by atoms with Crippen molar-refractivity contribution < 1.29 is 28.7 Å². The maximum Gasteiger partial charge on any atom is 0.329 e. The van der Waals surface area contributed by atoms with E-state index in [9.17, 15) is 19.2 Å². The number of hydrogen-bond donors (Lipinski definition) is 1. The molecule has 3 rings (SSSR count). The zero-order valence-electron chi connectivity index (χ0n) is 28.8. The fraction of sp³-hybridized carbons (Fsp3) is 0.474. The van der Waals surface area contributed by atoms with Gasteiger partial charge >= 0.3 is 5.97 Å². The first-order chi connectivity index (χ1) is 21.6. The van der Waals surface area contributed by atoms with Crippen molar-refractivity contribution in [2.24, 2.45) is 11.8 Å². The lowest BCUT2D eigenvalue weighted by Gasteiger charge is -2.30. The molecular formula is C38H50N2O6. The SMILES string of the molecule is CC(C)=CCOc1ccc(C2=C(CC(C)C)C(=O)N(C(CC(C)C)C(=O)N[C@@H](Cc3ccccc3)C(=O)OC(C)(C)C)C2=O)cc1. The second-order valence-corrected chi connectivity index (χ2v) is 14.0. The van der Waals surface area contributed by atoms with Crippen molar-refractivity contribution in [3.63, 3.8) is 0 Å². The molecule has 0 bridgehead atoms. The molecule has 2 aromatic carbocycles. The molecule has 0 spiro atoms. The minimum absolute atomic E-state index is 0.0275. The van der Waals surface area contributed by atoms with Crippen LogP contribution in [-0.2, 0) is 30.3 Å². The number of carbonyl (C=O) groups is 4. The number of nitrogens with one attached hydrogen (secondary N) is 1. The van der Waals surface area contributed by atoms with E-state index in [0.29, 0.717) is 35.5 Å². The van der Waals surface area contributed by atoms with Crippen molar-refractivity contribution in [3.05, 3.63) is 82.9 Å². The van der Waals surface area contributed by atoms with Crippen LogP contribution in [0, 0.1) is 11.8 Å². The lowest BCUT2D eigenvalue weighted by atomic mass is 9.95. The van der Waals surface area contributed by atoms with Crippen molar-refractivity contribution in [1.82, 2.24) is 10.2 Å². The van der Waals surface area contributed by atoms with Crippen LogP contribution in [0.2, 0.25) is 0 Å². The third kappa shape index (κ3) is 10.2. The summed E-state index contributed by atoms with van der Waals surface area (Å²) in [7, 11) is 0. The van der Waals surface area contributed by atoms with Gasteiger partial charge in [-0.25, -0.2) is 4.79 Å². The van der Waals surface area contributed by atoms with Gasteiger partial charge in [0.1, 0.15) is 30.0 Å². The van der Waals surface area contributed by atoms with Crippen molar-refractivity contribution in [2.75, 3.05) is 6.61 Å². The molecule has 2 aromatic rings. The fourth-order valence-electron chi connectivity index (χ4n) is 5.26. The van der Waals surface area contributed by atoms with Crippen LogP contribution < -0.4 is 10.1 Å². The summed E-state index contributed by atoms with van der Waals surface area (Å²) in [4.78, 5) is 56.8. The lowest BCUT2D eigenvalue weighted by Crippen LogP contribution is -2.55. The number of esters is 1. The number of ether oxygens (including phenoxy) is 2. The Morgan fingerprint density at radius 1 is 0.870 bits per heavy atom. The number of rotatable bonds is 14. The number of imide groups is 1. The molecule has 248 valence electrons. The number of allylic oxidation sites excluding steroid dienone is 1. The number of nitrogens with zero attached hydrogens (tertiary/aromatic N) is 1. The van der Waals surface area contributed by atoms with Gasteiger partial charge in [0, 0.05) is 12.0 Å². The second kappa shape index (κ2) is 15.9. The van der Waals surface area contributed by atoms with Crippen LogP contribution >= 0.6 is 0 Å². The van der Waals surface area contributed by atoms with Crippen molar-refractivity contribution in [2.45, 2.75) is 99.3 Å². The Kier molecular flexibility index (Phi) is 12.5. The molecular weight excluding hydrogens is 580 g/mol. The van der Waals surface area contributed by atoms with Crippen LogP contribution in [0.5, 0.6) is 5.75 Å². The smallest absolute Gasteiger partial charge is 0.329 e. The van der Waals surface area contributed by atoms with E-state index in [1.54, 1.807) is 45.0 Å². The highest BCUT2D eigenvalue weighted by Crippen LogP contribution is 2.36. The zero-order valence-corrected chi connectivity index (χ0v) is 28.8. The van der Waals surface area contributed by atoms with Crippen LogP contribution in [0.1, 0.15) is 86.3 Å². The van der Waals surface area contributed by atoms with E-state index in [0.717, 1.165) is 16.0 Å². The van der Waals surface area contributed by atoms with Gasteiger partial charge in [0.2, 0.25) is 5.91 Å². The first-order valence-electron chi connectivity index (χ1n) is 16.1. The van der Waals surface area contributed by atoms with E-state index in [1.165, 1.54) is 0 Å². The van der Waals surface area contributed by atoms with E-state index < -0.39 is 41.4 Å². The van der Waals surface area contributed by atoms with E-state index in [4.69, 9.17) is 9.47 Å². The van der Waals surface area contributed by atoms with Crippen LogP contribution in [-0.4, -0.2) is 52.9 Å². The van der Waals surface area contributed by atoms with E-state index in [-0.39, 0.29) is 24.7 Å². The highest BCUT2D eigenvalue weighted by molar-refractivity contribution is 6.36. The molecule has 1 aliphatic heterocycles. The predicted octanol–water partition coefficient (Wildman–Crippen LogP) is 6.68. The highest BCUT2D eigenvalue weighted by Gasteiger charge is 2.45. The Balaban J connectivity index is 1.96. The summed E-state index contributed by atoms with van der Waals surface area (Å²) in [5, 5.41) is 2.86. The highest BCUT2D eigenvalue weighted by atomic mass is 16.6. The van der Waals surface area contributed by atoms with Crippen LogP contribution in [0.15, 0.2) is 71.8 Å². The zero-order chi connectivity index (χ0) is 34.2. The van der Waals surface area contributed by atoms with Gasteiger partial charge < -0.3 is 14.8 Å². The average Bonchev–Trinajstić information content (AvgIpc) is 3.19. The van der Waals surface area contributed by atoms with Crippen LogP contribution in [0.25, 0.3) is 5.57 Å². The van der Waals surface area contributed by atoms with E-state index in [1.807, 2.05) is 78.0 Å². The molecule has 1 unspecified atom stereocenters. The van der Waals surface area contributed by atoms with Gasteiger partial charge in [-0.2, -0.15) is 0 Å². The molecule has 0 saturated heterocycles. The molecule has 1 aliphatic rings. The van der Waals surface area contributed by atoms with Gasteiger partial charge in [-0.1, -0.05) is 75.7 Å². The van der Waals surface area contributed by atoms with Crippen molar-refractivity contribution in [1.29, 1.82) is 0 Å². The van der Waals surface area contributed by atoms with Crippen LogP contribution in [0.3, 0.4) is 0 Å². The molecule has 0 radical (unpaired) electrons. The Morgan fingerprint density at radius 2 is 1.50 bits per heavy atom.